The summed E-state index contributed by atoms with van der Waals surface area (Å²) in [5, 5.41) is 0. The topological polar surface area (TPSA) is 34.1 Å². The van der Waals surface area contributed by atoms with Gasteiger partial charge in [0.05, 0.1) is 0 Å². The maximum atomic E-state index is 13.1. The highest BCUT2D eigenvalue weighted by atomic mass is 79.9. The molecule has 3 heteroatoms. The summed E-state index contributed by atoms with van der Waals surface area (Å²) in [4.78, 5) is 26.2. The molecule has 0 unspecified atom stereocenters. The van der Waals surface area contributed by atoms with Crippen molar-refractivity contribution in [1.29, 1.82) is 0 Å². The van der Waals surface area contributed by atoms with Gasteiger partial charge in [0, 0.05) is 33.4 Å². The quantitative estimate of drug-likeness (QED) is 0.522. The number of carbonyl (C=O) groups is 2. The van der Waals surface area contributed by atoms with Crippen LogP contribution in [0.2, 0.25) is 0 Å². The van der Waals surface area contributed by atoms with Crippen LogP contribution < -0.4 is 0 Å². The minimum absolute atomic E-state index is 0.0423. The van der Waals surface area contributed by atoms with Gasteiger partial charge in [-0.3, -0.25) is 9.59 Å². The zero-order valence-corrected chi connectivity index (χ0v) is 15.6. The normalized spacial score (nSPS) is 21.2. The third-order valence-corrected chi connectivity index (χ3v) is 5.73. The van der Waals surface area contributed by atoms with Gasteiger partial charge in [0.15, 0.2) is 11.6 Å². The number of benzene rings is 3. The van der Waals surface area contributed by atoms with Crippen LogP contribution in [-0.4, -0.2) is 11.6 Å². The largest absolute Gasteiger partial charge is 0.294 e. The summed E-state index contributed by atoms with van der Waals surface area (Å²) in [6.45, 7) is 0. The number of carbonyl (C=O) groups excluding carboxylic acids is 2. The third kappa shape index (κ3) is 3.04. The van der Waals surface area contributed by atoms with Crippen LogP contribution in [0, 0.1) is 11.8 Å². The van der Waals surface area contributed by atoms with E-state index in [0.29, 0.717) is 11.1 Å². The smallest absolute Gasteiger partial charge is 0.167 e. The first-order valence-electron chi connectivity index (χ1n) is 8.61. The van der Waals surface area contributed by atoms with Gasteiger partial charge in [-0.25, -0.2) is 0 Å². The summed E-state index contributed by atoms with van der Waals surface area (Å²) >= 11 is 3.58. The van der Waals surface area contributed by atoms with Gasteiger partial charge in [0.25, 0.3) is 0 Å². The Kier molecular flexibility index (Phi) is 4.56. The molecule has 0 aliphatic heterocycles. The van der Waals surface area contributed by atoms with Crippen molar-refractivity contribution in [3.05, 3.63) is 106 Å². The molecule has 2 atom stereocenters. The van der Waals surface area contributed by atoms with E-state index in [1.54, 1.807) is 0 Å². The second-order valence-corrected chi connectivity index (χ2v) is 7.41. The van der Waals surface area contributed by atoms with Gasteiger partial charge in [-0.05, 0) is 11.6 Å². The average Bonchev–Trinajstić information content (AvgIpc) is 3.43. The first-order chi connectivity index (χ1) is 12.7. The molecule has 0 amide bonds. The molecule has 0 aromatic heterocycles. The molecular weight excluding hydrogens is 388 g/mol. The lowest BCUT2D eigenvalue weighted by atomic mass is 10.0. The van der Waals surface area contributed by atoms with E-state index in [-0.39, 0.29) is 29.3 Å². The highest BCUT2D eigenvalue weighted by molar-refractivity contribution is 9.10. The van der Waals surface area contributed by atoms with Crippen LogP contribution in [0.3, 0.4) is 0 Å². The van der Waals surface area contributed by atoms with E-state index < -0.39 is 0 Å². The molecule has 1 aliphatic rings. The first kappa shape index (κ1) is 16.9. The maximum Gasteiger partial charge on any atom is 0.167 e. The predicted molar refractivity (Wildman–Crippen MR) is 105 cm³/mol. The predicted octanol–water partition coefficient (Wildman–Crippen LogP) is 5.54. The number of ketones is 2. The van der Waals surface area contributed by atoms with E-state index in [9.17, 15) is 9.59 Å². The van der Waals surface area contributed by atoms with Crippen LogP contribution in [0.1, 0.15) is 32.2 Å². The Labute approximate surface area is 161 Å². The van der Waals surface area contributed by atoms with Crippen molar-refractivity contribution in [2.75, 3.05) is 0 Å². The second-order valence-electron chi connectivity index (χ2n) is 6.56. The summed E-state index contributed by atoms with van der Waals surface area (Å²) in [5.41, 5.74) is 2.35. The number of halogens is 1. The van der Waals surface area contributed by atoms with Crippen molar-refractivity contribution in [3.63, 3.8) is 0 Å². The van der Waals surface area contributed by atoms with Gasteiger partial charge in [-0.1, -0.05) is 94.8 Å². The maximum absolute atomic E-state index is 13.1. The van der Waals surface area contributed by atoms with Gasteiger partial charge in [0.2, 0.25) is 0 Å². The molecule has 0 N–H and O–H groups in total. The fourth-order valence-electron chi connectivity index (χ4n) is 3.69. The molecule has 0 spiro atoms. The molecule has 4 rings (SSSR count). The van der Waals surface area contributed by atoms with Gasteiger partial charge >= 0.3 is 0 Å². The Morgan fingerprint density at radius 3 is 1.50 bits per heavy atom. The van der Waals surface area contributed by atoms with E-state index in [4.69, 9.17) is 0 Å². The summed E-state index contributed by atoms with van der Waals surface area (Å²) in [6, 6.07) is 26.4. The molecular formula is C23H17BrO2. The summed E-state index contributed by atoms with van der Waals surface area (Å²) in [5.74, 6) is -0.639. The first-order valence-corrected chi connectivity index (χ1v) is 9.40. The lowest BCUT2D eigenvalue weighted by molar-refractivity contribution is 0.0906. The van der Waals surface area contributed by atoms with Gasteiger partial charge < -0.3 is 0 Å². The van der Waals surface area contributed by atoms with Crippen molar-refractivity contribution < 1.29 is 9.59 Å². The number of hydrogen-bond donors (Lipinski definition) is 0. The lowest BCUT2D eigenvalue weighted by Crippen LogP contribution is -2.09. The highest BCUT2D eigenvalue weighted by Crippen LogP contribution is 2.58. The highest BCUT2D eigenvalue weighted by Gasteiger charge is 2.59. The molecule has 26 heavy (non-hydrogen) atoms. The number of rotatable bonds is 5. The Hall–Kier alpha value is -2.52. The monoisotopic (exact) mass is 404 g/mol. The summed E-state index contributed by atoms with van der Waals surface area (Å²) in [6.07, 6.45) is 0. The van der Waals surface area contributed by atoms with Crippen molar-refractivity contribution in [3.8, 4) is 0 Å². The summed E-state index contributed by atoms with van der Waals surface area (Å²) < 4.78 is 0.944. The van der Waals surface area contributed by atoms with E-state index in [1.165, 1.54) is 0 Å². The fraction of sp³-hybridized carbons (Fsp3) is 0.130. The van der Waals surface area contributed by atoms with Crippen molar-refractivity contribution in [2.24, 2.45) is 11.8 Å². The van der Waals surface area contributed by atoms with Crippen LogP contribution in [0.5, 0.6) is 0 Å². The SMILES string of the molecule is O=C(c1ccccc1)[C@H]1C(c2ccccc2Br)[C@@H]1C(=O)c1ccccc1. The molecule has 1 saturated carbocycles. The molecule has 1 fully saturated rings. The minimum atomic E-state index is -0.316. The fourth-order valence-corrected chi connectivity index (χ4v) is 4.23. The molecule has 0 saturated heterocycles. The van der Waals surface area contributed by atoms with Crippen LogP contribution in [0.4, 0.5) is 0 Å². The number of hydrogen-bond acceptors (Lipinski definition) is 2. The second kappa shape index (κ2) is 7.00. The molecule has 3 aromatic carbocycles. The van der Waals surface area contributed by atoms with Gasteiger partial charge in [-0.15, -0.1) is 0 Å². The zero-order chi connectivity index (χ0) is 18.1. The molecule has 0 heterocycles. The molecule has 0 radical (unpaired) electrons. The van der Waals surface area contributed by atoms with E-state index in [1.807, 2.05) is 84.9 Å². The molecule has 1 aliphatic carbocycles. The Morgan fingerprint density at radius 1 is 0.615 bits per heavy atom. The van der Waals surface area contributed by atoms with Crippen LogP contribution >= 0.6 is 15.9 Å². The standard InChI is InChI=1S/C23H17BrO2/c24-18-14-8-7-13-17(18)19-20(22(25)15-9-3-1-4-10-15)21(19)23(26)16-11-5-2-6-12-16/h1-14,19-21H/t20-,21-/m0/s1. The summed E-state index contributed by atoms with van der Waals surface area (Å²) in [7, 11) is 0. The Bertz CT molecular complexity index is 893. The molecule has 128 valence electrons. The van der Waals surface area contributed by atoms with Crippen LogP contribution in [-0.2, 0) is 0 Å². The Balaban J connectivity index is 1.71. The molecule has 0 bridgehead atoms. The lowest BCUT2D eigenvalue weighted by Gasteiger charge is -2.03. The van der Waals surface area contributed by atoms with Crippen molar-refractivity contribution in [2.45, 2.75) is 5.92 Å². The van der Waals surface area contributed by atoms with E-state index >= 15 is 0 Å². The van der Waals surface area contributed by atoms with E-state index in [2.05, 4.69) is 15.9 Å². The minimum Gasteiger partial charge on any atom is -0.294 e. The van der Waals surface area contributed by atoms with Crippen LogP contribution in [0.15, 0.2) is 89.4 Å². The van der Waals surface area contributed by atoms with Crippen molar-refractivity contribution >= 4 is 27.5 Å². The zero-order valence-electron chi connectivity index (χ0n) is 14.0. The molecule has 3 aromatic rings. The van der Waals surface area contributed by atoms with Crippen LogP contribution in [0.25, 0.3) is 0 Å². The number of Topliss-reactive ketones (excluding diaryl/α,β-unsaturated/α-hetero) is 2. The van der Waals surface area contributed by atoms with Gasteiger partial charge in [0.1, 0.15) is 0 Å². The average molecular weight is 405 g/mol. The molecule has 2 nitrogen and oxygen atoms in total. The Morgan fingerprint density at radius 2 is 1.04 bits per heavy atom. The van der Waals surface area contributed by atoms with Crippen molar-refractivity contribution in [1.82, 2.24) is 0 Å². The van der Waals surface area contributed by atoms with E-state index in [0.717, 1.165) is 10.0 Å². The van der Waals surface area contributed by atoms with Gasteiger partial charge in [-0.2, -0.15) is 0 Å². The third-order valence-electron chi connectivity index (χ3n) is 5.01.